The monoisotopic (exact) mass is 676 g/mol. The lowest BCUT2D eigenvalue weighted by Crippen LogP contribution is -2.58. The van der Waals surface area contributed by atoms with Gasteiger partial charge in [0, 0.05) is 39.3 Å². The molecule has 0 saturated carbocycles. The van der Waals surface area contributed by atoms with Gasteiger partial charge in [-0.2, -0.15) is 0 Å². The number of hydrogen-bond acceptors (Lipinski definition) is 10. The van der Waals surface area contributed by atoms with Gasteiger partial charge in [0.05, 0.1) is 17.7 Å². The normalized spacial score (nSPS) is 21.4. The number of benzene rings is 1. The highest BCUT2D eigenvalue weighted by atomic mass is 35.5. The van der Waals surface area contributed by atoms with Crippen LogP contribution in [0.25, 0.3) is 11.3 Å². The van der Waals surface area contributed by atoms with Crippen LogP contribution >= 0.6 is 11.6 Å². The van der Waals surface area contributed by atoms with E-state index in [4.69, 9.17) is 40.3 Å². The van der Waals surface area contributed by atoms with E-state index in [1.165, 1.54) is 18.2 Å². The third-order valence-electron chi connectivity index (χ3n) is 8.04. The molecular formula is C33H42ClFN4O8. The zero-order valence-electron chi connectivity index (χ0n) is 28.0. The maximum absolute atomic E-state index is 15.7. The molecule has 5 rings (SSSR count). The van der Waals surface area contributed by atoms with Crippen LogP contribution in [0, 0.1) is 5.82 Å². The molecule has 1 aromatic heterocycles. The summed E-state index contributed by atoms with van der Waals surface area (Å²) < 4.78 is 44.0. The number of fused-ring (bicyclic) bond motifs is 2. The van der Waals surface area contributed by atoms with E-state index in [0.29, 0.717) is 13.0 Å². The number of rotatable bonds is 4. The van der Waals surface area contributed by atoms with Crippen molar-refractivity contribution < 1.29 is 42.5 Å². The van der Waals surface area contributed by atoms with Gasteiger partial charge in [-0.15, -0.1) is 0 Å². The zero-order valence-corrected chi connectivity index (χ0v) is 28.8. The molecule has 0 aliphatic carbocycles. The first-order valence-electron chi connectivity index (χ1n) is 15.6. The minimum absolute atomic E-state index is 0.00453. The van der Waals surface area contributed by atoms with E-state index in [-0.39, 0.29) is 83.5 Å². The second kappa shape index (κ2) is 13.0. The van der Waals surface area contributed by atoms with E-state index in [1.807, 2.05) is 11.8 Å². The van der Waals surface area contributed by atoms with E-state index in [9.17, 15) is 14.4 Å². The van der Waals surface area contributed by atoms with Gasteiger partial charge in [0.1, 0.15) is 51.5 Å². The van der Waals surface area contributed by atoms with E-state index in [0.717, 1.165) is 0 Å². The number of aromatic nitrogens is 1. The molecular weight excluding hydrogens is 635 g/mol. The topological polar surface area (TPSA) is 120 Å². The van der Waals surface area contributed by atoms with Gasteiger partial charge in [-0.25, -0.2) is 19.0 Å². The standard InChI is InChI=1S/C33H42ClFN4O8/c1-18-14-20(43-8)16-39(18)28-24-27(44-17-19-15-37(12-13-38(19)29(24)40)30(41)46-32(2,3)4)25(34)26(36-28)23-21(35)10-9-11-22(23)45-31(42)47-33(5,6)7/h9-11,18-20H,12-17H2,1-8H3/t18-,19+,20-/m0/s1. The predicted octanol–water partition coefficient (Wildman–Crippen LogP) is 5.92. The molecule has 2 fully saturated rings. The van der Waals surface area contributed by atoms with Crippen LogP contribution in [0.4, 0.5) is 19.8 Å². The van der Waals surface area contributed by atoms with Crippen LogP contribution in [0.15, 0.2) is 18.2 Å². The maximum Gasteiger partial charge on any atom is 0.514 e. The Hall–Kier alpha value is -3.84. The summed E-state index contributed by atoms with van der Waals surface area (Å²) in [4.78, 5) is 49.9. The summed E-state index contributed by atoms with van der Waals surface area (Å²) in [7, 11) is 1.62. The molecule has 2 amide bonds. The van der Waals surface area contributed by atoms with Gasteiger partial charge < -0.3 is 38.4 Å². The number of anilines is 1. The van der Waals surface area contributed by atoms with E-state index >= 15 is 4.39 Å². The maximum atomic E-state index is 15.7. The van der Waals surface area contributed by atoms with Gasteiger partial charge in [-0.05, 0) is 67.0 Å². The number of halogens is 2. The van der Waals surface area contributed by atoms with Crippen molar-refractivity contribution in [2.75, 3.05) is 44.8 Å². The van der Waals surface area contributed by atoms with Crippen LogP contribution in [-0.4, -0.2) is 102 Å². The fourth-order valence-corrected chi connectivity index (χ4v) is 6.23. The average Bonchev–Trinajstić information content (AvgIpc) is 3.27. The summed E-state index contributed by atoms with van der Waals surface area (Å²) in [5.41, 5.74) is -1.69. The molecule has 0 N–H and O–H groups in total. The van der Waals surface area contributed by atoms with E-state index < -0.39 is 35.3 Å². The third kappa shape index (κ3) is 7.35. The fourth-order valence-electron chi connectivity index (χ4n) is 5.94. The number of piperazine rings is 1. The predicted molar refractivity (Wildman–Crippen MR) is 172 cm³/mol. The van der Waals surface area contributed by atoms with Gasteiger partial charge in [0.15, 0.2) is 5.75 Å². The fraction of sp³-hybridized carbons (Fsp3) is 0.576. The van der Waals surface area contributed by atoms with Gasteiger partial charge in [0.25, 0.3) is 5.91 Å². The summed E-state index contributed by atoms with van der Waals surface area (Å²) in [6.45, 7) is 13.4. The van der Waals surface area contributed by atoms with Crippen molar-refractivity contribution in [2.45, 2.75) is 84.3 Å². The lowest BCUT2D eigenvalue weighted by Gasteiger charge is -2.40. The van der Waals surface area contributed by atoms with Crippen molar-refractivity contribution >= 4 is 35.6 Å². The molecule has 0 spiro atoms. The molecule has 3 aliphatic heterocycles. The SMILES string of the molecule is CO[C@H]1C[C@H](C)N(c2nc(-c3c(F)cccc3OC(=O)OC(C)(C)C)c(Cl)c3c2C(=O)N2CCN(C(=O)OC(C)(C)C)C[C@@H]2CO3)C1. The number of carbonyl (C=O) groups is 3. The summed E-state index contributed by atoms with van der Waals surface area (Å²) >= 11 is 6.98. The smallest absolute Gasteiger partial charge is 0.489 e. The highest BCUT2D eigenvalue weighted by Gasteiger charge is 2.43. The number of pyridine rings is 1. The Bertz CT molecular complexity index is 1560. The molecule has 0 bridgehead atoms. The lowest BCUT2D eigenvalue weighted by molar-refractivity contribution is 0.000935. The van der Waals surface area contributed by atoms with E-state index in [1.54, 1.807) is 58.5 Å². The van der Waals surface area contributed by atoms with Crippen LogP contribution in [0.1, 0.15) is 65.2 Å². The highest BCUT2D eigenvalue weighted by molar-refractivity contribution is 6.35. The Morgan fingerprint density at radius 1 is 1.02 bits per heavy atom. The minimum atomic E-state index is -1.04. The summed E-state index contributed by atoms with van der Waals surface area (Å²) in [6, 6.07) is 3.35. The molecule has 1 aromatic carbocycles. The highest BCUT2D eigenvalue weighted by Crippen LogP contribution is 2.47. The zero-order chi connectivity index (χ0) is 34.4. The summed E-state index contributed by atoms with van der Waals surface area (Å²) in [5.74, 6) is -1.06. The summed E-state index contributed by atoms with van der Waals surface area (Å²) in [5, 5.41) is -0.129. The molecule has 0 radical (unpaired) electrons. The van der Waals surface area contributed by atoms with E-state index in [2.05, 4.69) is 0 Å². The Morgan fingerprint density at radius 3 is 2.36 bits per heavy atom. The average molecular weight is 677 g/mol. The molecule has 3 atom stereocenters. The number of amides is 2. The molecule has 3 aliphatic rings. The second-order valence-electron chi connectivity index (χ2n) is 14.0. The molecule has 2 aromatic rings. The quantitative estimate of drug-likeness (QED) is 0.285. The number of hydrogen-bond donors (Lipinski definition) is 0. The number of methoxy groups -OCH3 is 1. The second-order valence-corrected chi connectivity index (χ2v) is 14.3. The van der Waals surface area contributed by atoms with Crippen LogP contribution < -0.4 is 14.4 Å². The van der Waals surface area contributed by atoms with Crippen molar-refractivity contribution in [3.63, 3.8) is 0 Å². The Balaban J connectivity index is 1.61. The Labute approximate surface area is 279 Å². The van der Waals surface area contributed by atoms with Gasteiger partial charge >= 0.3 is 12.2 Å². The van der Waals surface area contributed by atoms with Crippen LogP contribution in [-0.2, 0) is 14.2 Å². The molecule has 4 heterocycles. The first-order chi connectivity index (χ1) is 22.0. The first kappa shape index (κ1) is 34.5. The van der Waals surface area contributed by atoms with Crippen LogP contribution in [0.2, 0.25) is 5.02 Å². The Morgan fingerprint density at radius 2 is 1.72 bits per heavy atom. The number of nitrogens with zero attached hydrogens (tertiary/aromatic N) is 4. The first-order valence-corrected chi connectivity index (χ1v) is 16.0. The van der Waals surface area contributed by atoms with Crippen molar-refractivity contribution in [1.29, 1.82) is 0 Å². The Kier molecular flexibility index (Phi) is 9.53. The molecule has 256 valence electrons. The molecule has 2 saturated heterocycles. The third-order valence-corrected chi connectivity index (χ3v) is 8.39. The molecule has 12 nitrogen and oxygen atoms in total. The van der Waals surface area contributed by atoms with Crippen molar-refractivity contribution in [3.05, 3.63) is 34.6 Å². The van der Waals surface area contributed by atoms with Crippen molar-refractivity contribution in [2.24, 2.45) is 0 Å². The molecule has 47 heavy (non-hydrogen) atoms. The van der Waals surface area contributed by atoms with Crippen molar-refractivity contribution in [3.8, 4) is 22.8 Å². The van der Waals surface area contributed by atoms with Crippen LogP contribution in [0.5, 0.6) is 11.5 Å². The van der Waals surface area contributed by atoms with Gasteiger partial charge in [-0.1, -0.05) is 17.7 Å². The van der Waals surface area contributed by atoms with Gasteiger partial charge in [0.2, 0.25) is 0 Å². The number of carbonyl (C=O) groups excluding carboxylic acids is 3. The van der Waals surface area contributed by atoms with Gasteiger partial charge in [-0.3, -0.25) is 4.79 Å². The largest absolute Gasteiger partial charge is 0.514 e. The van der Waals surface area contributed by atoms with Crippen LogP contribution in [0.3, 0.4) is 0 Å². The van der Waals surface area contributed by atoms with Crippen molar-refractivity contribution in [1.82, 2.24) is 14.8 Å². The minimum Gasteiger partial charge on any atom is -0.489 e. The summed E-state index contributed by atoms with van der Waals surface area (Å²) in [6.07, 6.45) is -1.01. The molecule has 0 unspecified atom stereocenters. The molecule has 14 heteroatoms. The number of ether oxygens (including phenoxy) is 5. The lowest BCUT2D eigenvalue weighted by atomic mass is 10.0.